The molecule has 0 heterocycles. The number of hydrogen-bond donors (Lipinski definition) is 0. The summed E-state index contributed by atoms with van der Waals surface area (Å²) in [6.07, 6.45) is 8.72. The van der Waals surface area contributed by atoms with Crippen molar-refractivity contribution in [1.82, 2.24) is 0 Å². The zero-order chi connectivity index (χ0) is 14.1. The maximum absolute atomic E-state index is 11.6. The molecule has 2 heteroatoms. The summed E-state index contributed by atoms with van der Waals surface area (Å²) in [4.78, 5) is 11.6. The van der Waals surface area contributed by atoms with Gasteiger partial charge in [0.25, 0.3) is 0 Å². The second kappa shape index (κ2) is 8.09. The molecule has 1 aromatic rings. The number of ether oxygens (including phenoxy) is 1. The molecule has 0 amide bonds. The molecule has 100 valence electrons. The number of aryl methyl sites for hydroxylation is 1. The zero-order valence-corrected chi connectivity index (χ0v) is 11.5. The van der Waals surface area contributed by atoms with E-state index in [-0.39, 0.29) is 12.1 Å². The molecule has 0 N–H and O–H groups in total. The van der Waals surface area contributed by atoms with Crippen LogP contribution in [0.5, 0.6) is 0 Å². The van der Waals surface area contributed by atoms with Crippen molar-refractivity contribution in [2.45, 2.75) is 26.4 Å². The maximum atomic E-state index is 11.6. The summed E-state index contributed by atoms with van der Waals surface area (Å²) in [6.45, 7) is 7.66. The Labute approximate surface area is 115 Å². The number of hydrogen-bond acceptors (Lipinski definition) is 2. The summed E-state index contributed by atoms with van der Waals surface area (Å²) in [6, 6.07) is 8.06. The Morgan fingerprint density at radius 1 is 1.37 bits per heavy atom. The largest absolute Gasteiger partial charge is 0.455 e. The van der Waals surface area contributed by atoms with Gasteiger partial charge in [0.2, 0.25) is 0 Å². The Bertz CT molecular complexity index is 484. The Morgan fingerprint density at radius 3 is 2.74 bits per heavy atom. The summed E-state index contributed by atoms with van der Waals surface area (Å²) in [7, 11) is 0. The summed E-state index contributed by atoms with van der Waals surface area (Å²) in [5, 5.41) is 0. The lowest BCUT2D eigenvalue weighted by Crippen LogP contribution is -2.17. The molecule has 0 saturated carbocycles. The molecule has 1 rings (SSSR count). The van der Waals surface area contributed by atoms with Gasteiger partial charge in [0, 0.05) is 12.5 Å². The van der Waals surface area contributed by atoms with E-state index in [2.05, 4.69) is 6.58 Å². The molecular weight excluding hydrogens is 236 g/mol. The van der Waals surface area contributed by atoms with Gasteiger partial charge >= 0.3 is 5.97 Å². The van der Waals surface area contributed by atoms with E-state index in [1.54, 1.807) is 18.2 Å². The molecule has 1 aromatic carbocycles. The first-order valence-electron chi connectivity index (χ1n) is 6.34. The van der Waals surface area contributed by atoms with Crippen LogP contribution in [0.25, 0.3) is 0 Å². The lowest BCUT2D eigenvalue weighted by molar-refractivity contribution is -0.140. The van der Waals surface area contributed by atoms with Crippen molar-refractivity contribution < 1.29 is 9.53 Å². The number of allylic oxidation sites excluding steroid dienone is 3. The Morgan fingerprint density at radius 2 is 2.11 bits per heavy atom. The van der Waals surface area contributed by atoms with Gasteiger partial charge in [0.05, 0.1) is 0 Å². The molecular formula is C17H20O2. The molecule has 0 saturated heterocycles. The van der Waals surface area contributed by atoms with Gasteiger partial charge in [0.15, 0.2) is 0 Å². The summed E-state index contributed by atoms with van der Waals surface area (Å²) in [5.74, 6) is -0.350. The van der Waals surface area contributed by atoms with Crippen LogP contribution in [0.2, 0.25) is 0 Å². The third kappa shape index (κ3) is 5.38. The smallest absolute Gasteiger partial charge is 0.331 e. The molecule has 0 radical (unpaired) electrons. The number of carbonyl (C=O) groups excluding carboxylic acids is 1. The molecule has 0 aliphatic heterocycles. The van der Waals surface area contributed by atoms with E-state index in [4.69, 9.17) is 4.74 Å². The SMILES string of the molecule is C=C[C@@H](Cc1ccccc1C)OC(=O)/C=C/C=C/C. The fraction of sp³-hybridized carbons (Fsp3) is 0.235. The van der Waals surface area contributed by atoms with E-state index in [1.165, 1.54) is 11.6 Å². The van der Waals surface area contributed by atoms with Gasteiger partial charge in [-0.15, -0.1) is 0 Å². The van der Waals surface area contributed by atoms with Gasteiger partial charge in [-0.25, -0.2) is 4.79 Å². The van der Waals surface area contributed by atoms with Crippen molar-refractivity contribution in [1.29, 1.82) is 0 Å². The molecule has 2 nitrogen and oxygen atoms in total. The maximum Gasteiger partial charge on any atom is 0.331 e. The molecule has 0 aliphatic carbocycles. The second-order valence-electron chi connectivity index (χ2n) is 4.23. The van der Waals surface area contributed by atoms with E-state index in [0.29, 0.717) is 6.42 Å². The van der Waals surface area contributed by atoms with Gasteiger partial charge in [-0.1, -0.05) is 55.1 Å². The summed E-state index contributed by atoms with van der Waals surface area (Å²) in [5.41, 5.74) is 2.35. The van der Waals surface area contributed by atoms with Gasteiger partial charge in [-0.05, 0) is 25.0 Å². The quantitative estimate of drug-likeness (QED) is 0.335. The first-order valence-corrected chi connectivity index (χ1v) is 6.34. The van der Waals surface area contributed by atoms with Gasteiger partial charge in [0.1, 0.15) is 6.10 Å². The van der Waals surface area contributed by atoms with Crippen molar-refractivity contribution in [2.75, 3.05) is 0 Å². The number of esters is 1. The first kappa shape index (κ1) is 15.0. The minimum absolute atomic E-state index is 0.302. The fourth-order valence-corrected chi connectivity index (χ4v) is 1.66. The minimum Gasteiger partial charge on any atom is -0.455 e. The molecule has 0 aromatic heterocycles. The topological polar surface area (TPSA) is 26.3 Å². The van der Waals surface area contributed by atoms with Crippen LogP contribution in [-0.2, 0) is 16.0 Å². The monoisotopic (exact) mass is 256 g/mol. The highest BCUT2D eigenvalue weighted by Gasteiger charge is 2.10. The van der Waals surface area contributed by atoms with E-state index in [1.807, 2.05) is 44.2 Å². The minimum atomic E-state index is -0.350. The van der Waals surface area contributed by atoms with Crippen LogP contribution in [0, 0.1) is 6.92 Å². The van der Waals surface area contributed by atoms with E-state index < -0.39 is 0 Å². The van der Waals surface area contributed by atoms with E-state index >= 15 is 0 Å². The van der Waals surface area contributed by atoms with Crippen molar-refractivity contribution in [3.8, 4) is 0 Å². The number of carbonyl (C=O) groups is 1. The standard InChI is InChI=1S/C17H20O2/c1-4-6-7-12-17(18)19-16(5-2)13-15-11-9-8-10-14(15)3/h4-12,16H,2,13H2,1,3H3/b6-4+,12-7+/t16-/m0/s1. The van der Waals surface area contributed by atoms with Crippen LogP contribution in [0.1, 0.15) is 18.1 Å². The predicted octanol–water partition coefficient (Wildman–Crippen LogP) is 3.77. The van der Waals surface area contributed by atoms with Crippen LogP contribution >= 0.6 is 0 Å². The molecule has 0 aliphatic rings. The van der Waals surface area contributed by atoms with Crippen molar-refractivity contribution in [2.24, 2.45) is 0 Å². The van der Waals surface area contributed by atoms with Crippen LogP contribution in [0.15, 0.2) is 61.2 Å². The van der Waals surface area contributed by atoms with E-state index in [9.17, 15) is 4.79 Å². The number of benzene rings is 1. The first-order chi connectivity index (χ1) is 9.17. The molecule has 0 spiro atoms. The van der Waals surface area contributed by atoms with Crippen molar-refractivity contribution >= 4 is 5.97 Å². The van der Waals surface area contributed by atoms with Crippen LogP contribution < -0.4 is 0 Å². The van der Waals surface area contributed by atoms with Gasteiger partial charge in [-0.2, -0.15) is 0 Å². The van der Waals surface area contributed by atoms with Crippen LogP contribution in [-0.4, -0.2) is 12.1 Å². The molecule has 0 unspecified atom stereocenters. The lowest BCUT2D eigenvalue weighted by Gasteiger charge is -2.14. The Balaban J connectivity index is 2.62. The normalized spacial score (nSPS) is 12.7. The van der Waals surface area contributed by atoms with Gasteiger partial charge < -0.3 is 4.74 Å². The van der Waals surface area contributed by atoms with Gasteiger partial charge in [-0.3, -0.25) is 0 Å². The molecule has 19 heavy (non-hydrogen) atoms. The molecule has 0 bridgehead atoms. The van der Waals surface area contributed by atoms with Crippen molar-refractivity contribution in [3.63, 3.8) is 0 Å². The average molecular weight is 256 g/mol. The molecule has 1 atom stereocenters. The average Bonchev–Trinajstić information content (AvgIpc) is 2.40. The van der Waals surface area contributed by atoms with Crippen LogP contribution in [0.4, 0.5) is 0 Å². The summed E-state index contributed by atoms with van der Waals surface area (Å²) >= 11 is 0. The summed E-state index contributed by atoms with van der Waals surface area (Å²) < 4.78 is 5.33. The third-order valence-corrected chi connectivity index (χ3v) is 2.75. The predicted molar refractivity (Wildman–Crippen MR) is 78.9 cm³/mol. The Kier molecular flexibility index (Phi) is 6.37. The van der Waals surface area contributed by atoms with Crippen molar-refractivity contribution in [3.05, 3.63) is 72.4 Å². The van der Waals surface area contributed by atoms with Crippen LogP contribution in [0.3, 0.4) is 0 Å². The third-order valence-electron chi connectivity index (χ3n) is 2.75. The molecule has 0 fully saturated rings. The fourth-order valence-electron chi connectivity index (χ4n) is 1.66. The van der Waals surface area contributed by atoms with E-state index in [0.717, 1.165) is 5.56 Å². The highest BCUT2D eigenvalue weighted by molar-refractivity contribution is 5.82. The number of rotatable bonds is 6. The lowest BCUT2D eigenvalue weighted by atomic mass is 10.0. The highest BCUT2D eigenvalue weighted by atomic mass is 16.5. The zero-order valence-electron chi connectivity index (χ0n) is 11.5. The highest BCUT2D eigenvalue weighted by Crippen LogP contribution is 2.12. The second-order valence-corrected chi connectivity index (χ2v) is 4.23. The Hall–Kier alpha value is -2.09.